The summed E-state index contributed by atoms with van der Waals surface area (Å²) in [6, 6.07) is 28.1. The van der Waals surface area contributed by atoms with E-state index in [-0.39, 0.29) is 10.8 Å². The molecule has 0 amide bonds. The minimum absolute atomic E-state index is 0.0759. The van der Waals surface area contributed by atoms with E-state index in [0.717, 1.165) is 5.75 Å². The van der Waals surface area contributed by atoms with Crippen molar-refractivity contribution < 1.29 is 4.74 Å². The van der Waals surface area contributed by atoms with Crippen LogP contribution in [-0.4, -0.2) is 6.61 Å². The van der Waals surface area contributed by atoms with Gasteiger partial charge in [-0.25, -0.2) is 0 Å². The summed E-state index contributed by atoms with van der Waals surface area (Å²) in [5, 5.41) is 0. The maximum absolute atomic E-state index is 6.02. The van der Waals surface area contributed by atoms with Gasteiger partial charge in [0.15, 0.2) is 0 Å². The second-order valence-electron chi connectivity index (χ2n) is 8.13. The molecule has 0 bridgehead atoms. The van der Waals surface area contributed by atoms with E-state index in [9.17, 15) is 0 Å². The van der Waals surface area contributed by atoms with Crippen molar-refractivity contribution in [1.29, 1.82) is 0 Å². The fourth-order valence-corrected chi connectivity index (χ4v) is 3.72. The van der Waals surface area contributed by atoms with Gasteiger partial charge in [0.05, 0.1) is 6.61 Å². The fourth-order valence-electron chi connectivity index (χ4n) is 3.72. The van der Waals surface area contributed by atoms with E-state index >= 15 is 0 Å². The summed E-state index contributed by atoms with van der Waals surface area (Å²) in [4.78, 5) is 0. The highest BCUT2D eigenvalue weighted by Gasteiger charge is 2.30. The number of rotatable bonds is 6. The molecule has 1 heteroatoms. The van der Waals surface area contributed by atoms with Crippen LogP contribution < -0.4 is 4.74 Å². The lowest BCUT2D eigenvalue weighted by molar-refractivity contribution is 0.331. The van der Waals surface area contributed by atoms with Crippen LogP contribution in [0.15, 0.2) is 78.9 Å². The number of hydrogen-bond acceptors (Lipinski definition) is 1. The van der Waals surface area contributed by atoms with Crippen LogP contribution in [0.25, 0.3) is 0 Å². The Kier molecular flexibility index (Phi) is 5.41. The predicted molar refractivity (Wildman–Crippen MR) is 115 cm³/mol. The predicted octanol–water partition coefficient (Wildman–Crippen LogP) is 6.74. The average Bonchev–Trinajstić information content (AvgIpc) is 2.69. The van der Waals surface area contributed by atoms with Crippen molar-refractivity contribution in [2.45, 2.75) is 45.4 Å². The van der Waals surface area contributed by atoms with Crippen molar-refractivity contribution in [3.63, 3.8) is 0 Å². The van der Waals surface area contributed by atoms with Crippen molar-refractivity contribution in [2.24, 2.45) is 0 Å². The molecule has 0 heterocycles. The lowest BCUT2D eigenvalue weighted by atomic mass is 9.73. The van der Waals surface area contributed by atoms with Crippen molar-refractivity contribution in [1.82, 2.24) is 0 Å². The van der Waals surface area contributed by atoms with Gasteiger partial charge in [0.1, 0.15) is 5.75 Å². The molecule has 140 valence electrons. The van der Waals surface area contributed by atoms with Gasteiger partial charge in [-0.3, -0.25) is 0 Å². The smallest absolute Gasteiger partial charge is 0.123 e. The zero-order valence-corrected chi connectivity index (χ0v) is 17.1. The Morgan fingerprint density at radius 1 is 0.630 bits per heavy atom. The molecule has 0 atom stereocenters. The molecule has 3 rings (SSSR count). The molecule has 0 aliphatic carbocycles. The van der Waals surface area contributed by atoms with Gasteiger partial charge in [0.25, 0.3) is 0 Å². The summed E-state index contributed by atoms with van der Waals surface area (Å²) < 4.78 is 6.02. The Morgan fingerprint density at radius 3 is 1.67 bits per heavy atom. The lowest BCUT2D eigenvalue weighted by Crippen LogP contribution is -2.24. The van der Waals surface area contributed by atoms with Gasteiger partial charge < -0.3 is 4.74 Å². The van der Waals surface area contributed by atoms with Crippen LogP contribution in [0.1, 0.15) is 56.9 Å². The van der Waals surface area contributed by atoms with Crippen LogP contribution >= 0.6 is 0 Å². The average molecular weight is 359 g/mol. The second kappa shape index (κ2) is 7.60. The third-order valence-corrected chi connectivity index (χ3v) is 5.67. The van der Waals surface area contributed by atoms with E-state index in [1.54, 1.807) is 0 Å². The normalized spacial score (nSPS) is 12.0. The Labute approximate surface area is 164 Å². The van der Waals surface area contributed by atoms with E-state index < -0.39 is 0 Å². The second-order valence-corrected chi connectivity index (χ2v) is 8.13. The molecule has 27 heavy (non-hydrogen) atoms. The molecule has 0 radical (unpaired) electrons. The Hall–Kier alpha value is -2.54. The molecular formula is C26H30O. The quantitative estimate of drug-likeness (QED) is 0.474. The number of ether oxygens (including phenoxy) is 1. The zero-order valence-electron chi connectivity index (χ0n) is 17.1. The maximum atomic E-state index is 6.02. The standard InChI is InChI=1S/C26H30O/c1-6-27-24-18-17-22(25(2,3)20-13-9-7-10-14-20)19-23(24)26(4,5)21-15-11-8-12-16-21/h7-19H,6H2,1-5H3. The molecule has 0 aliphatic heterocycles. The van der Waals surface area contributed by atoms with Gasteiger partial charge in [0.2, 0.25) is 0 Å². The van der Waals surface area contributed by atoms with E-state index in [1.807, 2.05) is 6.92 Å². The Balaban J connectivity index is 2.14. The first-order valence-corrected chi connectivity index (χ1v) is 9.76. The topological polar surface area (TPSA) is 9.23 Å². The molecule has 0 aromatic heterocycles. The third kappa shape index (κ3) is 3.78. The highest BCUT2D eigenvalue weighted by atomic mass is 16.5. The molecule has 0 saturated carbocycles. The first-order chi connectivity index (χ1) is 12.9. The monoisotopic (exact) mass is 358 g/mol. The molecule has 0 spiro atoms. The van der Waals surface area contributed by atoms with Crippen LogP contribution in [0, 0.1) is 0 Å². The van der Waals surface area contributed by atoms with Crippen molar-refractivity contribution >= 4 is 0 Å². The van der Waals surface area contributed by atoms with Crippen molar-refractivity contribution in [2.75, 3.05) is 6.61 Å². The number of hydrogen-bond donors (Lipinski definition) is 0. The molecule has 0 fully saturated rings. The third-order valence-electron chi connectivity index (χ3n) is 5.67. The summed E-state index contributed by atoms with van der Waals surface area (Å²) in [6.07, 6.45) is 0. The van der Waals surface area contributed by atoms with Gasteiger partial charge in [0, 0.05) is 16.4 Å². The molecule has 0 N–H and O–H groups in total. The molecule has 0 aliphatic rings. The van der Waals surface area contributed by atoms with Gasteiger partial charge in [-0.05, 0) is 29.7 Å². The van der Waals surface area contributed by atoms with Gasteiger partial charge >= 0.3 is 0 Å². The largest absolute Gasteiger partial charge is 0.494 e. The molecule has 3 aromatic carbocycles. The Morgan fingerprint density at radius 2 is 1.15 bits per heavy atom. The van der Waals surface area contributed by atoms with Crippen molar-refractivity contribution in [3.05, 3.63) is 101 Å². The summed E-state index contributed by atoms with van der Waals surface area (Å²) in [5.74, 6) is 0.971. The van der Waals surface area contributed by atoms with Crippen LogP contribution in [-0.2, 0) is 10.8 Å². The molecule has 0 saturated heterocycles. The minimum Gasteiger partial charge on any atom is -0.494 e. The van der Waals surface area contributed by atoms with Gasteiger partial charge in [-0.1, -0.05) is 100 Å². The van der Waals surface area contributed by atoms with Crippen LogP contribution in [0.3, 0.4) is 0 Å². The highest BCUT2D eigenvalue weighted by Crippen LogP contribution is 2.41. The van der Waals surface area contributed by atoms with E-state index in [2.05, 4.69) is 107 Å². The summed E-state index contributed by atoms with van der Waals surface area (Å²) in [6.45, 7) is 11.8. The van der Waals surface area contributed by atoms with Gasteiger partial charge in [-0.2, -0.15) is 0 Å². The maximum Gasteiger partial charge on any atom is 0.123 e. The van der Waals surface area contributed by atoms with Crippen molar-refractivity contribution in [3.8, 4) is 5.75 Å². The van der Waals surface area contributed by atoms with E-state index in [1.165, 1.54) is 22.3 Å². The van der Waals surface area contributed by atoms with Crippen LogP contribution in [0.2, 0.25) is 0 Å². The van der Waals surface area contributed by atoms with Crippen LogP contribution in [0.4, 0.5) is 0 Å². The van der Waals surface area contributed by atoms with Crippen LogP contribution in [0.5, 0.6) is 5.75 Å². The summed E-state index contributed by atoms with van der Waals surface area (Å²) in [7, 11) is 0. The Bertz CT molecular complexity index is 877. The lowest BCUT2D eigenvalue weighted by Gasteiger charge is -2.32. The van der Waals surface area contributed by atoms with E-state index in [4.69, 9.17) is 4.74 Å². The SMILES string of the molecule is CCOc1ccc(C(C)(C)c2ccccc2)cc1C(C)(C)c1ccccc1. The molecule has 0 unspecified atom stereocenters. The minimum atomic E-state index is -0.144. The fraction of sp³-hybridized carbons (Fsp3) is 0.308. The first kappa shape index (κ1) is 19.2. The van der Waals surface area contributed by atoms with E-state index in [0.29, 0.717) is 6.61 Å². The van der Waals surface area contributed by atoms with Gasteiger partial charge in [-0.15, -0.1) is 0 Å². The molecular weight excluding hydrogens is 328 g/mol. The molecule has 1 nitrogen and oxygen atoms in total. The summed E-state index contributed by atoms with van der Waals surface area (Å²) >= 11 is 0. The summed E-state index contributed by atoms with van der Waals surface area (Å²) in [5.41, 5.74) is 4.92. The zero-order chi connectivity index (χ0) is 19.5. The number of benzene rings is 3. The molecule has 3 aromatic rings. The highest BCUT2D eigenvalue weighted by molar-refractivity contribution is 5.51. The first-order valence-electron chi connectivity index (χ1n) is 9.76.